The van der Waals surface area contributed by atoms with Crippen LogP contribution in [0.25, 0.3) is 10.9 Å². The minimum atomic E-state index is 0.119. The Morgan fingerprint density at radius 2 is 2.22 bits per heavy atom. The Morgan fingerprint density at radius 1 is 1.43 bits per heavy atom. The van der Waals surface area contributed by atoms with Crippen molar-refractivity contribution in [3.8, 4) is 0 Å². The number of fused-ring (bicyclic) bond motifs is 1. The summed E-state index contributed by atoms with van der Waals surface area (Å²) in [4.78, 5) is 12.5. The summed E-state index contributed by atoms with van der Waals surface area (Å²) < 4.78 is 7.29. The van der Waals surface area contributed by atoms with Crippen molar-refractivity contribution in [2.75, 3.05) is 7.11 Å². The van der Waals surface area contributed by atoms with Gasteiger partial charge >= 0.3 is 0 Å². The summed E-state index contributed by atoms with van der Waals surface area (Å²) >= 11 is 0. The van der Waals surface area contributed by atoms with Gasteiger partial charge in [0.15, 0.2) is 5.78 Å². The molecule has 23 heavy (non-hydrogen) atoms. The molecule has 1 atom stereocenters. The normalized spacial score (nSPS) is 16.5. The van der Waals surface area contributed by atoms with E-state index in [-0.39, 0.29) is 11.9 Å². The van der Waals surface area contributed by atoms with Crippen molar-refractivity contribution >= 4 is 16.7 Å². The molecule has 0 amide bonds. The minimum absolute atomic E-state index is 0.119. The summed E-state index contributed by atoms with van der Waals surface area (Å²) in [5, 5.41) is 5.78. The first-order chi connectivity index (χ1) is 11.1. The zero-order valence-corrected chi connectivity index (χ0v) is 14.3. The fourth-order valence-corrected chi connectivity index (χ4v) is 3.20. The Morgan fingerprint density at radius 3 is 2.87 bits per heavy atom. The Kier molecular flexibility index (Phi) is 4.81. The lowest BCUT2D eigenvalue weighted by Gasteiger charge is -2.24. The maximum absolute atomic E-state index is 12.5. The maximum Gasteiger partial charge on any atom is 0.163 e. The molecular formula is C19H26N2O2. The van der Waals surface area contributed by atoms with Crippen molar-refractivity contribution in [1.82, 2.24) is 9.78 Å². The van der Waals surface area contributed by atoms with Gasteiger partial charge in [0.2, 0.25) is 0 Å². The highest BCUT2D eigenvalue weighted by Gasteiger charge is 2.19. The van der Waals surface area contributed by atoms with Crippen molar-refractivity contribution in [3.05, 3.63) is 29.5 Å². The number of hydrogen-bond acceptors (Lipinski definition) is 3. The molecular weight excluding hydrogens is 288 g/mol. The molecule has 0 aliphatic heterocycles. The lowest BCUT2D eigenvalue weighted by molar-refractivity contribution is 0.0877. The number of ketones is 1. The van der Waals surface area contributed by atoms with Crippen LogP contribution in [-0.2, 0) is 11.3 Å². The van der Waals surface area contributed by atoms with Crippen LogP contribution in [0.3, 0.4) is 0 Å². The molecule has 0 N–H and O–H groups in total. The van der Waals surface area contributed by atoms with Gasteiger partial charge in [-0.25, -0.2) is 0 Å². The number of nitrogens with zero attached hydrogens (tertiary/aromatic N) is 2. The molecule has 1 aliphatic carbocycles. The van der Waals surface area contributed by atoms with E-state index in [4.69, 9.17) is 4.74 Å². The summed E-state index contributed by atoms with van der Waals surface area (Å²) in [6.45, 7) is 5.03. The van der Waals surface area contributed by atoms with Crippen molar-refractivity contribution in [2.45, 2.75) is 58.6 Å². The first kappa shape index (κ1) is 16.2. The third-order valence-corrected chi connectivity index (χ3v) is 5.16. The standard InChI is InChI=1S/C19H26N2O2/c1-13(23-3)7-10-19(22)16-8-9-18-17(14(16)2)12-21(20-18)11-15-5-4-6-15/h8-9,12-13,15H,4-7,10-11H2,1-3H3/t13-/m0/s1. The summed E-state index contributed by atoms with van der Waals surface area (Å²) in [7, 11) is 1.68. The van der Waals surface area contributed by atoms with E-state index in [9.17, 15) is 4.79 Å². The van der Waals surface area contributed by atoms with Crippen LogP contribution in [-0.4, -0.2) is 28.8 Å². The second kappa shape index (κ2) is 6.83. The number of rotatable bonds is 7. The molecule has 2 aromatic rings. The fraction of sp³-hybridized carbons (Fsp3) is 0.579. The van der Waals surface area contributed by atoms with E-state index in [0.717, 1.165) is 40.9 Å². The van der Waals surface area contributed by atoms with Gasteiger partial charge < -0.3 is 4.74 Å². The number of ether oxygens (including phenoxy) is 1. The highest BCUT2D eigenvalue weighted by molar-refractivity contribution is 6.01. The zero-order valence-electron chi connectivity index (χ0n) is 14.3. The largest absolute Gasteiger partial charge is 0.382 e. The van der Waals surface area contributed by atoms with Gasteiger partial charge in [0.25, 0.3) is 0 Å². The molecule has 4 heteroatoms. The van der Waals surface area contributed by atoms with Gasteiger partial charge in [0.05, 0.1) is 11.6 Å². The quantitative estimate of drug-likeness (QED) is 0.721. The first-order valence-corrected chi connectivity index (χ1v) is 8.61. The molecule has 0 unspecified atom stereocenters. The Balaban J connectivity index is 1.78. The van der Waals surface area contributed by atoms with Gasteiger partial charge in [-0.1, -0.05) is 6.42 Å². The topological polar surface area (TPSA) is 44.1 Å². The number of benzene rings is 1. The Labute approximate surface area is 137 Å². The Hall–Kier alpha value is -1.68. The number of methoxy groups -OCH3 is 1. The van der Waals surface area contributed by atoms with E-state index >= 15 is 0 Å². The van der Waals surface area contributed by atoms with Gasteiger partial charge in [-0.05, 0) is 56.7 Å². The lowest BCUT2D eigenvalue weighted by atomic mass is 9.85. The monoisotopic (exact) mass is 314 g/mol. The Bertz CT molecular complexity index is 701. The van der Waals surface area contributed by atoms with E-state index in [1.165, 1.54) is 19.3 Å². The van der Waals surface area contributed by atoms with Crippen molar-refractivity contribution in [3.63, 3.8) is 0 Å². The summed E-state index contributed by atoms with van der Waals surface area (Å²) in [5.41, 5.74) is 2.87. The van der Waals surface area contributed by atoms with Crippen molar-refractivity contribution < 1.29 is 9.53 Å². The molecule has 1 aromatic heterocycles. The number of carbonyl (C=O) groups is 1. The molecule has 1 heterocycles. The van der Waals surface area contributed by atoms with Gasteiger partial charge in [0, 0.05) is 37.2 Å². The predicted molar refractivity (Wildman–Crippen MR) is 91.8 cm³/mol. The number of carbonyl (C=O) groups excluding carboxylic acids is 1. The third kappa shape index (κ3) is 3.47. The van der Waals surface area contributed by atoms with E-state index in [1.807, 2.05) is 26.0 Å². The lowest BCUT2D eigenvalue weighted by Crippen LogP contribution is -2.18. The number of Topliss-reactive ketones (excluding diaryl/α,β-unsaturated/α-hetero) is 1. The second-order valence-electron chi connectivity index (χ2n) is 6.83. The molecule has 1 aliphatic rings. The predicted octanol–water partition coefficient (Wildman–Crippen LogP) is 4.14. The van der Waals surface area contributed by atoms with Crippen LogP contribution < -0.4 is 0 Å². The molecule has 3 rings (SSSR count). The molecule has 124 valence electrons. The highest BCUT2D eigenvalue weighted by atomic mass is 16.5. The van der Waals surface area contributed by atoms with Crippen molar-refractivity contribution in [2.24, 2.45) is 5.92 Å². The molecule has 1 aromatic carbocycles. The fourth-order valence-electron chi connectivity index (χ4n) is 3.20. The van der Waals surface area contributed by atoms with Crippen LogP contribution >= 0.6 is 0 Å². The second-order valence-corrected chi connectivity index (χ2v) is 6.83. The molecule has 1 fully saturated rings. The molecule has 1 saturated carbocycles. The van der Waals surface area contributed by atoms with E-state index in [0.29, 0.717) is 6.42 Å². The average molecular weight is 314 g/mol. The number of aryl methyl sites for hydroxylation is 1. The summed E-state index contributed by atoms with van der Waals surface area (Å²) in [6, 6.07) is 3.91. The van der Waals surface area contributed by atoms with Crippen LogP contribution in [0.2, 0.25) is 0 Å². The minimum Gasteiger partial charge on any atom is -0.382 e. The van der Waals surface area contributed by atoms with Crippen LogP contribution in [0.4, 0.5) is 0 Å². The first-order valence-electron chi connectivity index (χ1n) is 8.61. The number of aromatic nitrogens is 2. The zero-order chi connectivity index (χ0) is 16.4. The van der Waals surface area contributed by atoms with E-state index in [2.05, 4.69) is 16.0 Å². The molecule has 4 nitrogen and oxygen atoms in total. The van der Waals surface area contributed by atoms with Crippen LogP contribution in [0.5, 0.6) is 0 Å². The third-order valence-electron chi connectivity index (χ3n) is 5.16. The van der Waals surface area contributed by atoms with Crippen molar-refractivity contribution in [1.29, 1.82) is 0 Å². The molecule has 0 radical (unpaired) electrons. The molecule has 0 bridgehead atoms. The van der Waals surface area contributed by atoms with Crippen LogP contribution in [0.15, 0.2) is 18.3 Å². The van der Waals surface area contributed by atoms with E-state index in [1.54, 1.807) is 7.11 Å². The smallest absolute Gasteiger partial charge is 0.163 e. The van der Waals surface area contributed by atoms with Gasteiger partial charge in [-0.2, -0.15) is 5.10 Å². The average Bonchev–Trinajstić information content (AvgIpc) is 2.92. The molecule has 0 spiro atoms. The number of hydrogen-bond donors (Lipinski definition) is 0. The summed E-state index contributed by atoms with van der Waals surface area (Å²) in [6.07, 6.45) is 7.49. The van der Waals surface area contributed by atoms with Crippen LogP contribution in [0.1, 0.15) is 54.9 Å². The SMILES string of the molecule is CO[C@@H](C)CCC(=O)c1ccc2nn(CC3CCC3)cc2c1C. The molecule has 0 saturated heterocycles. The van der Waals surface area contributed by atoms with E-state index < -0.39 is 0 Å². The highest BCUT2D eigenvalue weighted by Crippen LogP contribution is 2.29. The van der Waals surface area contributed by atoms with Gasteiger partial charge in [-0.3, -0.25) is 9.48 Å². The van der Waals surface area contributed by atoms with Crippen LogP contribution in [0, 0.1) is 12.8 Å². The maximum atomic E-state index is 12.5. The van der Waals surface area contributed by atoms with Gasteiger partial charge in [0.1, 0.15) is 0 Å². The summed E-state index contributed by atoms with van der Waals surface area (Å²) in [5.74, 6) is 0.973. The van der Waals surface area contributed by atoms with Gasteiger partial charge in [-0.15, -0.1) is 0 Å².